The van der Waals surface area contributed by atoms with Gasteiger partial charge in [0.1, 0.15) is 6.04 Å². The highest BCUT2D eigenvalue weighted by molar-refractivity contribution is 5.85. The molecule has 1 aliphatic heterocycles. The lowest BCUT2D eigenvalue weighted by Gasteiger charge is -2.34. The summed E-state index contributed by atoms with van der Waals surface area (Å²) in [4.78, 5) is 30.3. The van der Waals surface area contributed by atoms with E-state index >= 15 is 0 Å². The molecule has 1 amide bonds. The number of benzene rings is 1. The lowest BCUT2D eigenvalue weighted by molar-refractivity contribution is -0.143. The van der Waals surface area contributed by atoms with Gasteiger partial charge in [-0.05, 0) is 43.4 Å². The zero-order valence-electron chi connectivity index (χ0n) is 21.3. The van der Waals surface area contributed by atoms with E-state index in [1.807, 2.05) is 16.7 Å². The number of amides is 1. The molecule has 0 bridgehead atoms. The lowest BCUT2D eigenvalue weighted by Crippen LogP contribution is -2.47. The molecule has 2 aliphatic rings. The van der Waals surface area contributed by atoms with E-state index in [1.165, 1.54) is 4.90 Å². The fraction of sp³-hybridized carbons (Fsp3) is 0.444. The van der Waals surface area contributed by atoms with Crippen molar-refractivity contribution in [2.75, 3.05) is 18.0 Å². The van der Waals surface area contributed by atoms with Crippen LogP contribution in [0.15, 0.2) is 55.0 Å². The number of carbonyl (C=O) groups excluding carboxylic acids is 1. The number of piperidine rings is 1. The van der Waals surface area contributed by atoms with Crippen molar-refractivity contribution in [2.45, 2.75) is 50.6 Å². The van der Waals surface area contributed by atoms with Gasteiger partial charge in [0.25, 0.3) is 0 Å². The number of allylic oxidation sites excluding steroid dienone is 4. The summed E-state index contributed by atoms with van der Waals surface area (Å²) < 4.78 is 81.2. The van der Waals surface area contributed by atoms with Crippen LogP contribution in [0.25, 0.3) is 0 Å². The third-order valence-electron chi connectivity index (χ3n) is 7.03. The minimum Gasteiger partial charge on any atom is -0.480 e. The Kier molecular flexibility index (Phi) is 8.59. The van der Waals surface area contributed by atoms with Gasteiger partial charge in [0.15, 0.2) is 0 Å². The van der Waals surface area contributed by atoms with Crippen LogP contribution in [0, 0.1) is 11.8 Å². The number of hydrogen-bond donors (Lipinski definition) is 2. The Bertz CT molecular complexity index is 1240. The van der Waals surface area contributed by atoms with Crippen molar-refractivity contribution < 1.29 is 41.0 Å². The summed E-state index contributed by atoms with van der Waals surface area (Å²) in [7, 11) is 0. The molecule has 216 valence electrons. The number of anilines is 1. The minimum absolute atomic E-state index is 0.0314. The van der Waals surface area contributed by atoms with Crippen LogP contribution in [-0.4, -0.2) is 45.7 Å². The summed E-state index contributed by atoms with van der Waals surface area (Å²) >= 11 is 0. The normalized spacial score (nSPS) is 19.1. The van der Waals surface area contributed by atoms with Gasteiger partial charge in [-0.1, -0.05) is 24.3 Å². The van der Waals surface area contributed by atoms with E-state index in [0.29, 0.717) is 30.3 Å². The molecular formula is C27H28F6N4O3. The fourth-order valence-electron chi connectivity index (χ4n) is 4.87. The van der Waals surface area contributed by atoms with Crippen LogP contribution in [0.4, 0.5) is 32.0 Å². The Morgan fingerprint density at radius 1 is 1.02 bits per heavy atom. The zero-order chi connectivity index (χ0) is 29.1. The number of hydrogen-bond acceptors (Lipinski definition) is 4. The van der Waals surface area contributed by atoms with Gasteiger partial charge in [0, 0.05) is 43.9 Å². The molecule has 13 heteroatoms. The van der Waals surface area contributed by atoms with Crippen molar-refractivity contribution in [1.29, 1.82) is 0 Å². The molecule has 2 N–H and O–H groups in total. The average molecular weight is 571 g/mol. The lowest BCUT2D eigenvalue weighted by atomic mass is 9.94. The number of nitrogens with zero attached hydrogens (tertiary/aromatic N) is 3. The van der Waals surface area contributed by atoms with Crippen LogP contribution in [0.5, 0.6) is 0 Å². The molecule has 4 rings (SSSR count). The predicted molar refractivity (Wildman–Crippen MR) is 133 cm³/mol. The number of carboxylic acid groups (broad SMARTS) is 1. The van der Waals surface area contributed by atoms with E-state index in [2.05, 4.69) is 22.5 Å². The van der Waals surface area contributed by atoms with Crippen molar-refractivity contribution >= 4 is 17.6 Å². The SMILES string of the molecule is O=C(N[C@@H](Cc1cn(CC2C=CC=CC2)cn1)C(=O)O)C1CCN(c2cc(C(F)(F)F)cc(C(F)(F)F)c2)CC1. The molecule has 1 aromatic heterocycles. The van der Waals surface area contributed by atoms with E-state index in [0.717, 1.165) is 6.42 Å². The van der Waals surface area contributed by atoms with Gasteiger partial charge in [-0.3, -0.25) is 4.79 Å². The van der Waals surface area contributed by atoms with Gasteiger partial charge in [-0.25, -0.2) is 9.78 Å². The number of aliphatic carboxylic acids is 1. The second-order valence-electron chi connectivity index (χ2n) is 10.00. The number of carbonyl (C=O) groups is 2. The molecule has 0 radical (unpaired) electrons. The quantitative estimate of drug-likeness (QED) is 0.433. The van der Waals surface area contributed by atoms with Gasteiger partial charge in [0.05, 0.1) is 23.1 Å². The summed E-state index contributed by atoms with van der Waals surface area (Å²) in [5.41, 5.74) is -2.56. The summed E-state index contributed by atoms with van der Waals surface area (Å²) in [5, 5.41) is 12.2. The summed E-state index contributed by atoms with van der Waals surface area (Å²) in [6, 6.07) is 0.153. The van der Waals surface area contributed by atoms with E-state index < -0.39 is 47.3 Å². The Morgan fingerprint density at radius 3 is 2.23 bits per heavy atom. The number of imidazole rings is 1. The van der Waals surface area contributed by atoms with E-state index in [-0.39, 0.29) is 44.1 Å². The number of halogens is 6. The minimum atomic E-state index is -4.96. The van der Waals surface area contributed by atoms with Crippen LogP contribution in [0.2, 0.25) is 0 Å². The molecule has 0 spiro atoms. The molecule has 1 aromatic carbocycles. The number of carboxylic acids is 1. The highest BCUT2D eigenvalue weighted by atomic mass is 19.4. The largest absolute Gasteiger partial charge is 0.480 e. The molecule has 1 fully saturated rings. The van der Waals surface area contributed by atoms with Gasteiger partial charge < -0.3 is 19.9 Å². The molecule has 2 heterocycles. The molecule has 1 unspecified atom stereocenters. The monoisotopic (exact) mass is 570 g/mol. The average Bonchev–Trinajstić information content (AvgIpc) is 3.34. The van der Waals surface area contributed by atoms with Gasteiger partial charge in [-0.15, -0.1) is 0 Å². The van der Waals surface area contributed by atoms with Crippen LogP contribution in [-0.2, 0) is 34.9 Å². The third-order valence-corrected chi connectivity index (χ3v) is 7.03. The zero-order valence-corrected chi connectivity index (χ0v) is 21.3. The molecule has 40 heavy (non-hydrogen) atoms. The van der Waals surface area contributed by atoms with Crippen molar-refractivity contribution in [3.63, 3.8) is 0 Å². The topological polar surface area (TPSA) is 87.5 Å². The van der Waals surface area contributed by atoms with Crippen LogP contribution in [0.1, 0.15) is 36.1 Å². The molecule has 2 aromatic rings. The van der Waals surface area contributed by atoms with Gasteiger partial charge in [-0.2, -0.15) is 26.3 Å². The molecule has 7 nitrogen and oxygen atoms in total. The number of aromatic nitrogens is 2. The van der Waals surface area contributed by atoms with E-state index in [1.54, 1.807) is 12.5 Å². The number of rotatable bonds is 8. The molecule has 0 saturated carbocycles. The van der Waals surface area contributed by atoms with Crippen LogP contribution in [0.3, 0.4) is 0 Å². The third kappa shape index (κ3) is 7.45. The summed E-state index contributed by atoms with van der Waals surface area (Å²) in [5.74, 6) is -2.13. The summed E-state index contributed by atoms with van der Waals surface area (Å²) in [6.07, 6.45) is 2.59. The highest BCUT2D eigenvalue weighted by Crippen LogP contribution is 2.39. The van der Waals surface area contributed by atoms with Gasteiger partial charge in [0.2, 0.25) is 5.91 Å². The fourth-order valence-corrected chi connectivity index (χ4v) is 4.87. The molecule has 1 saturated heterocycles. The van der Waals surface area contributed by atoms with Crippen molar-refractivity contribution in [2.24, 2.45) is 11.8 Å². The predicted octanol–water partition coefficient (Wildman–Crippen LogP) is 5.08. The molecule has 2 atom stereocenters. The van der Waals surface area contributed by atoms with Crippen molar-refractivity contribution in [3.05, 3.63) is 71.8 Å². The van der Waals surface area contributed by atoms with E-state index in [9.17, 15) is 41.0 Å². The standard InChI is InChI=1S/C27H28F6N4O3/c28-26(29,30)19-10-20(27(31,32)33)12-22(11-19)37-8-6-18(7-9-37)24(38)35-23(25(39)40)13-21-15-36(16-34-21)14-17-4-2-1-3-5-17/h1-4,10-12,15-18,23H,5-9,13-14H2,(H,35,38)(H,39,40)/t17?,23-/m0/s1. The van der Waals surface area contributed by atoms with E-state index in [4.69, 9.17) is 0 Å². The van der Waals surface area contributed by atoms with Crippen LogP contribution < -0.4 is 10.2 Å². The Labute approximate surface area is 226 Å². The Morgan fingerprint density at radius 2 is 1.68 bits per heavy atom. The first kappa shape index (κ1) is 29.2. The second kappa shape index (κ2) is 11.8. The number of alkyl halides is 6. The summed E-state index contributed by atoms with van der Waals surface area (Å²) in [6.45, 7) is 0.736. The first-order valence-corrected chi connectivity index (χ1v) is 12.7. The first-order valence-electron chi connectivity index (χ1n) is 12.7. The van der Waals surface area contributed by atoms with Gasteiger partial charge >= 0.3 is 18.3 Å². The maximum absolute atomic E-state index is 13.2. The Hall–Kier alpha value is -3.77. The molecule has 1 aliphatic carbocycles. The van der Waals surface area contributed by atoms with Crippen LogP contribution >= 0.6 is 0 Å². The van der Waals surface area contributed by atoms with Crippen molar-refractivity contribution in [3.8, 4) is 0 Å². The first-order chi connectivity index (χ1) is 18.8. The highest BCUT2D eigenvalue weighted by Gasteiger charge is 2.38. The maximum atomic E-state index is 13.2. The number of nitrogens with one attached hydrogen (secondary N) is 1. The molecular weight excluding hydrogens is 542 g/mol. The smallest absolute Gasteiger partial charge is 0.416 e. The Balaban J connectivity index is 1.35. The maximum Gasteiger partial charge on any atom is 0.416 e. The van der Waals surface area contributed by atoms with Crippen molar-refractivity contribution in [1.82, 2.24) is 14.9 Å². The second-order valence-corrected chi connectivity index (χ2v) is 10.00.